The minimum Gasteiger partial charge on any atom is -0.496 e. The number of amides is 1. The molecule has 0 aromatic heterocycles. The molecule has 0 saturated carbocycles. The van der Waals surface area contributed by atoms with E-state index in [4.69, 9.17) is 9.47 Å². The van der Waals surface area contributed by atoms with Crippen LogP contribution in [0.4, 0.5) is 4.79 Å². The number of methoxy groups -OCH3 is 1. The number of carbonyl (C=O) groups excluding carboxylic acids is 1. The molecule has 1 amide bonds. The van der Waals surface area contributed by atoms with E-state index in [9.17, 15) is 4.79 Å². The zero-order valence-electron chi connectivity index (χ0n) is 9.82. The predicted molar refractivity (Wildman–Crippen MR) is 61.5 cm³/mol. The van der Waals surface area contributed by atoms with Gasteiger partial charge in [0.2, 0.25) is 0 Å². The Labute approximate surface area is 95.6 Å². The molecule has 0 aliphatic heterocycles. The summed E-state index contributed by atoms with van der Waals surface area (Å²) >= 11 is 0. The van der Waals surface area contributed by atoms with E-state index in [1.165, 1.54) is 0 Å². The van der Waals surface area contributed by atoms with Gasteiger partial charge in [0, 0.05) is 12.1 Å². The van der Waals surface area contributed by atoms with Gasteiger partial charge in [0.25, 0.3) is 0 Å². The molecule has 0 heterocycles. The Hall–Kier alpha value is -1.71. The molecule has 0 atom stereocenters. The number of rotatable bonds is 4. The van der Waals surface area contributed by atoms with E-state index in [-0.39, 0.29) is 6.10 Å². The molecule has 0 unspecified atom stereocenters. The van der Waals surface area contributed by atoms with Crippen LogP contribution in [0.2, 0.25) is 0 Å². The second kappa shape index (κ2) is 6.00. The minimum atomic E-state index is -0.416. The molecule has 4 heteroatoms. The molecule has 0 radical (unpaired) electrons. The van der Waals surface area contributed by atoms with E-state index in [1.807, 2.05) is 38.1 Å². The van der Waals surface area contributed by atoms with E-state index in [2.05, 4.69) is 5.32 Å². The quantitative estimate of drug-likeness (QED) is 0.852. The molecule has 0 bridgehead atoms. The van der Waals surface area contributed by atoms with Crippen LogP contribution in [0.25, 0.3) is 0 Å². The molecule has 88 valence electrons. The van der Waals surface area contributed by atoms with Gasteiger partial charge in [0.05, 0.1) is 13.2 Å². The van der Waals surface area contributed by atoms with Crippen LogP contribution in [0, 0.1) is 0 Å². The fourth-order valence-corrected chi connectivity index (χ4v) is 1.27. The summed E-state index contributed by atoms with van der Waals surface area (Å²) in [4.78, 5) is 11.3. The lowest BCUT2D eigenvalue weighted by molar-refractivity contribution is 0.115. The Balaban J connectivity index is 2.51. The van der Waals surface area contributed by atoms with Gasteiger partial charge < -0.3 is 14.8 Å². The number of hydrogen-bond donors (Lipinski definition) is 1. The van der Waals surface area contributed by atoms with Gasteiger partial charge >= 0.3 is 6.09 Å². The third-order valence-electron chi connectivity index (χ3n) is 1.96. The van der Waals surface area contributed by atoms with Gasteiger partial charge in [-0.2, -0.15) is 0 Å². The van der Waals surface area contributed by atoms with Gasteiger partial charge in [-0.15, -0.1) is 0 Å². The molecule has 0 aliphatic carbocycles. The summed E-state index contributed by atoms with van der Waals surface area (Å²) in [7, 11) is 1.60. The fourth-order valence-electron chi connectivity index (χ4n) is 1.27. The summed E-state index contributed by atoms with van der Waals surface area (Å²) in [6, 6.07) is 7.53. The Morgan fingerprint density at radius 2 is 2.06 bits per heavy atom. The first-order valence-electron chi connectivity index (χ1n) is 5.20. The Morgan fingerprint density at radius 1 is 1.38 bits per heavy atom. The van der Waals surface area contributed by atoms with Crippen LogP contribution < -0.4 is 10.1 Å². The fraction of sp³-hybridized carbons (Fsp3) is 0.417. The summed E-state index contributed by atoms with van der Waals surface area (Å²) in [5.41, 5.74) is 0.922. The molecule has 16 heavy (non-hydrogen) atoms. The maximum atomic E-state index is 11.3. The monoisotopic (exact) mass is 223 g/mol. The average molecular weight is 223 g/mol. The van der Waals surface area contributed by atoms with E-state index < -0.39 is 6.09 Å². The molecule has 1 aromatic rings. The smallest absolute Gasteiger partial charge is 0.407 e. The van der Waals surface area contributed by atoms with Crippen molar-refractivity contribution >= 4 is 6.09 Å². The number of carbonyl (C=O) groups is 1. The Morgan fingerprint density at radius 3 is 2.69 bits per heavy atom. The van der Waals surface area contributed by atoms with Crippen molar-refractivity contribution in [1.82, 2.24) is 5.32 Å². The molecule has 0 spiro atoms. The highest BCUT2D eigenvalue weighted by atomic mass is 16.6. The van der Waals surface area contributed by atoms with E-state index in [1.54, 1.807) is 7.11 Å². The van der Waals surface area contributed by atoms with Crippen LogP contribution in [0.5, 0.6) is 5.75 Å². The van der Waals surface area contributed by atoms with Crippen LogP contribution in [-0.4, -0.2) is 19.3 Å². The molecule has 4 nitrogen and oxygen atoms in total. The second-order valence-corrected chi connectivity index (χ2v) is 3.62. The topological polar surface area (TPSA) is 47.6 Å². The van der Waals surface area contributed by atoms with E-state index >= 15 is 0 Å². The molecule has 1 N–H and O–H groups in total. The van der Waals surface area contributed by atoms with Gasteiger partial charge in [0.1, 0.15) is 5.75 Å². The minimum absolute atomic E-state index is 0.113. The standard InChI is InChI=1S/C12H17NO3/c1-9(2)16-12(14)13-8-10-6-4-5-7-11(10)15-3/h4-7,9H,8H2,1-3H3,(H,13,14). The van der Waals surface area contributed by atoms with Gasteiger partial charge in [-0.1, -0.05) is 18.2 Å². The maximum Gasteiger partial charge on any atom is 0.407 e. The average Bonchev–Trinajstić information content (AvgIpc) is 2.26. The van der Waals surface area contributed by atoms with E-state index in [0.29, 0.717) is 6.54 Å². The number of alkyl carbamates (subject to hydrolysis) is 1. The zero-order chi connectivity index (χ0) is 12.0. The van der Waals surface area contributed by atoms with Crippen LogP contribution in [0.15, 0.2) is 24.3 Å². The maximum absolute atomic E-state index is 11.3. The first-order valence-corrected chi connectivity index (χ1v) is 5.20. The third-order valence-corrected chi connectivity index (χ3v) is 1.96. The van der Waals surface area contributed by atoms with Crippen LogP contribution in [-0.2, 0) is 11.3 Å². The first kappa shape index (κ1) is 12.4. The molecule has 0 fully saturated rings. The molecule has 0 saturated heterocycles. The van der Waals surface area contributed by atoms with Gasteiger partial charge in [0.15, 0.2) is 0 Å². The largest absolute Gasteiger partial charge is 0.496 e. The van der Waals surface area contributed by atoms with Crippen molar-refractivity contribution in [2.75, 3.05) is 7.11 Å². The number of ether oxygens (including phenoxy) is 2. The van der Waals surface area contributed by atoms with E-state index in [0.717, 1.165) is 11.3 Å². The first-order chi connectivity index (χ1) is 7.63. The van der Waals surface area contributed by atoms with Crippen LogP contribution in [0.1, 0.15) is 19.4 Å². The SMILES string of the molecule is COc1ccccc1CNC(=O)OC(C)C. The van der Waals surface area contributed by atoms with Crippen molar-refractivity contribution < 1.29 is 14.3 Å². The van der Waals surface area contributed by atoms with Crippen molar-refractivity contribution in [2.24, 2.45) is 0 Å². The van der Waals surface area contributed by atoms with Gasteiger partial charge in [-0.3, -0.25) is 0 Å². The molecular weight excluding hydrogens is 206 g/mol. The summed E-state index contributed by atoms with van der Waals surface area (Å²) in [6.45, 7) is 4.01. The molecule has 0 aliphatic rings. The summed E-state index contributed by atoms with van der Waals surface area (Å²) in [6.07, 6.45) is -0.529. The number of nitrogens with one attached hydrogen (secondary N) is 1. The highest BCUT2D eigenvalue weighted by molar-refractivity contribution is 5.67. The number of benzene rings is 1. The molecule has 1 rings (SSSR count). The van der Waals surface area contributed by atoms with Gasteiger partial charge in [-0.25, -0.2) is 4.79 Å². The predicted octanol–water partition coefficient (Wildman–Crippen LogP) is 2.33. The van der Waals surface area contributed by atoms with Crippen LogP contribution >= 0.6 is 0 Å². The summed E-state index contributed by atoms with van der Waals surface area (Å²) in [5.74, 6) is 0.757. The number of hydrogen-bond acceptors (Lipinski definition) is 3. The van der Waals surface area contributed by atoms with Crippen molar-refractivity contribution in [3.8, 4) is 5.75 Å². The normalized spacial score (nSPS) is 10.0. The lowest BCUT2D eigenvalue weighted by atomic mass is 10.2. The van der Waals surface area contributed by atoms with Crippen molar-refractivity contribution in [3.05, 3.63) is 29.8 Å². The Kier molecular flexibility index (Phi) is 4.64. The van der Waals surface area contributed by atoms with Crippen molar-refractivity contribution in [3.63, 3.8) is 0 Å². The lowest BCUT2D eigenvalue weighted by Gasteiger charge is -2.11. The second-order valence-electron chi connectivity index (χ2n) is 3.62. The number of para-hydroxylation sites is 1. The van der Waals surface area contributed by atoms with Crippen molar-refractivity contribution in [1.29, 1.82) is 0 Å². The highest BCUT2D eigenvalue weighted by Gasteiger charge is 2.06. The third kappa shape index (κ3) is 3.81. The van der Waals surface area contributed by atoms with Crippen LogP contribution in [0.3, 0.4) is 0 Å². The summed E-state index contributed by atoms with van der Waals surface area (Å²) in [5, 5.41) is 2.66. The molecule has 1 aromatic carbocycles. The summed E-state index contributed by atoms with van der Waals surface area (Å²) < 4.78 is 10.1. The highest BCUT2D eigenvalue weighted by Crippen LogP contribution is 2.16. The molecular formula is C12H17NO3. The zero-order valence-corrected chi connectivity index (χ0v) is 9.82. The van der Waals surface area contributed by atoms with Crippen molar-refractivity contribution in [2.45, 2.75) is 26.5 Å². The Bertz CT molecular complexity index is 350. The van der Waals surface area contributed by atoms with Gasteiger partial charge in [-0.05, 0) is 19.9 Å². The lowest BCUT2D eigenvalue weighted by Crippen LogP contribution is -2.26.